The Hall–Kier alpha value is -2.39. The minimum absolute atomic E-state index is 0.141. The van der Waals surface area contributed by atoms with Gasteiger partial charge in [0, 0.05) is 44.5 Å². The Morgan fingerprint density at radius 3 is 2.34 bits per heavy atom. The Morgan fingerprint density at radius 2 is 1.76 bits per heavy atom. The molecule has 29 heavy (non-hydrogen) atoms. The number of sulfonamides is 1. The van der Waals surface area contributed by atoms with Crippen LogP contribution in [0.2, 0.25) is 0 Å². The third-order valence-electron chi connectivity index (χ3n) is 5.36. The van der Waals surface area contributed by atoms with Crippen LogP contribution in [0, 0.1) is 19.7 Å². The molecule has 0 saturated carbocycles. The maximum atomic E-state index is 14.0. The summed E-state index contributed by atoms with van der Waals surface area (Å²) in [4.78, 5) is 14.3. The first kappa shape index (κ1) is 21.3. The van der Waals surface area contributed by atoms with E-state index in [0.29, 0.717) is 30.0 Å². The van der Waals surface area contributed by atoms with E-state index in [1.165, 1.54) is 10.4 Å². The first-order chi connectivity index (χ1) is 13.7. The fourth-order valence-corrected chi connectivity index (χ4v) is 5.72. The average molecular weight is 424 g/mol. The number of carbonyl (C=O) groups excluding carboxylic acids is 1. The number of carbonyl (C=O) groups is 1. The molecule has 1 aliphatic rings. The van der Waals surface area contributed by atoms with E-state index in [1.54, 1.807) is 50.6 Å². The molecule has 0 spiro atoms. The van der Waals surface area contributed by atoms with E-state index in [2.05, 4.69) is 0 Å². The number of piperazine rings is 1. The van der Waals surface area contributed by atoms with Crippen molar-refractivity contribution >= 4 is 21.7 Å². The lowest BCUT2D eigenvalue weighted by Crippen LogP contribution is -2.49. The first-order valence-corrected chi connectivity index (χ1v) is 11.0. The zero-order valence-electron chi connectivity index (χ0n) is 17.1. The molecule has 1 saturated heterocycles. The summed E-state index contributed by atoms with van der Waals surface area (Å²) in [5.74, 6) is -0.862. The molecule has 0 unspecified atom stereocenters. The van der Waals surface area contributed by atoms with Gasteiger partial charge in [0.15, 0.2) is 0 Å². The van der Waals surface area contributed by atoms with Crippen LogP contribution in [0.3, 0.4) is 0 Å². The van der Waals surface area contributed by atoms with Gasteiger partial charge in [-0.15, -0.1) is 0 Å². The van der Waals surface area contributed by atoms with Gasteiger partial charge in [-0.1, -0.05) is 12.1 Å². The highest BCUT2D eigenvalue weighted by atomic mass is 32.2. The van der Waals surface area contributed by atoms with Crippen LogP contribution in [0.15, 0.2) is 29.2 Å². The van der Waals surface area contributed by atoms with Crippen LogP contribution in [-0.2, 0) is 21.8 Å². The zero-order valence-corrected chi connectivity index (χ0v) is 17.9. The molecule has 2 heterocycles. The number of aromatic nitrogens is 1. The van der Waals surface area contributed by atoms with Gasteiger partial charge in [0.25, 0.3) is 0 Å². The number of hydrogen-bond donors (Lipinski definition) is 0. The van der Waals surface area contributed by atoms with Crippen LogP contribution >= 0.6 is 0 Å². The Labute approximate surface area is 170 Å². The van der Waals surface area contributed by atoms with Crippen molar-refractivity contribution in [1.29, 1.82) is 0 Å². The van der Waals surface area contributed by atoms with Crippen molar-refractivity contribution in [3.63, 3.8) is 0 Å². The van der Waals surface area contributed by atoms with Crippen molar-refractivity contribution in [1.82, 2.24) is 8.87 Å². The fourth-order valence-electron chi connectivity index (χ4n) is 3.83. The molecule has 2 aromatic rings. The highest BCUT2D eigenvalue weighted by Gasteiger charge is 2.35. The van der Waals surface area contributed by atoms with E-state index < -0.39 is 16.0 Å². The van der Waals surface area contributed by atoms with Gasteiger partial charge in [0.05, 0.1) is 12.3 Å². The molecule has 1 aliphatic heterocycles. The summed E-state index contributed by atoms with van der Waals surface area (Å²) in [6.45, 7) is 6.46. The molecule has 0 aliphatic carbocycles. The zero-order chi connectivity index (χ0) is 21.3. The van der Waals surface area contributed by atoms with Crippen LogP contribution in [0.4, 0.5) is 10.1 Å². The van der Waals surface area contributed by atoms with Crippen molar-refractivity contribution in [2.24, 2.45) is 7.05 Å². The standard InChI is InChI=1S/C20H26FN3O4S/c1-5-28-20(25)18-14(2)19(15(3)22(18)4)29(26,27)24-12-10-23(11-13-24)17-9-7-6-8-16(17)21/h6-9H,5,10-13H2,1-4H3. The van der Waals surface area contributed by atoms with E-state index in [0.717, 1.165) is 0 Å². The molecular weight excluding hydrogens is 397 g/mol. The third-order valence-corrected chi connectivity index (χ3v) is 7.52. The van der Waals surface area contributed by atoms with Crippen molar-refractivity contribution in [2.45, 2.75) is 25.7 Å². The predicted molar refractivity (Wildman–Crippen MR) is 108 cm³/mol. The minimum Gasteiger partial charge on any atom is -0.461 e. The summed E-state index contributed by atoms with van der Waals surface area (Å²) < 4.78 is 48.8. The van der Waals surface area contributed by atoms with Gasteiger partial charge < -0.3 is 14.2 Å². The average Bonchev–Trinajstić information content (AvgIpc) is 2.91. The molecule has 0 amide bonds. The number of esters is 1. The van der Waals surface area contributed by atoms with E-state index in [4.69, 9.17) is 4.74 Å². The second kappa shape index (κ2) is 8.16. The quantitative estimate of drug-likeness (QED) is 0.691. The lowest BCUT2D eigenvalue weighted by atomic mass is 10.2. The highest BCUT2D eigenvalue weighted by molar-refractivity contribution is 7.89. The molecule has 1 aromatic heterocycles. The van der Waals surface area contributed by atoms with Crippen molar-refractivity contribution < 1.29 is 22.3 Å². The molecule has 9 heteroatoms. The summed E-state index contributed by atoms with van der Waals surface area (Å²) in [6.07, 6.45) is 0. The molecule has 0 atom stereocenters. The number of nitrogens with zero attached hydrogens (tertiary/aromatic N) is 3. The number of halogens is 1. The van der Waals surface area contributed by atoms with Crippen molar-refractivity contribution in [3.8, 4) is 0 Å². The molecule has 0 radical (unpaired) electrons. The molecule has 3 rings (SSSR count). The van der Waals surface area contributed by atoms with Crippen LogP contribution in [0.5, 0.6) is 0 Å². The lowest BCUT2D eigenvalue weighted by Gasteiger charge is -2.35. The molecular formula is C20H26FN3O4S. The molecule has 1 aromatic carbocycles. The number of ether oxygens (including phenoxy) is 1. The summed E-state index contributed by atoms with van der Waals surface area (Å²) in [6, 6.07) is 6.47. The third kappa shape index (κ3) is 3.76. The van der Waals surface area contributed by atoms with Gasteiger partial charge in [0.1, 0.15) is 16.4 Å². The van der Waals surface area contributed by atoms with E-state index in [-0.39, 0.29) is 36.1 Å². The second-order valence-electron chi connectivity index (χ2n) is 7.01. The Kier molecular flexibility index (Phi) is 6.00. The first-order valence-electron chi connectivity index (χ1n) is 9.52. The molecule has 7 nitrogen and oxygen atoms in total. The Morgan fingerprint density at radius 1 is 1.14 bits per heavy atom. The smallest absolute Gasteiger partial charge is 0.355 e. The number of anilines is 1. The van der Waals surface area contributed by atoms with Crippen LogP contribution < -0.4 is 4.90 Å². The normalized spacial score (nSPS) is 15.6. The van der Waals surface area contributed by atoms with Crippen molar-refractivity contribution in [3.05, 3.63) is 47.0 Å². The number of benzene rings is 1. The second-order valence-corrected chi connectivity index (χ2v) is 8.88. The van der Waals surface area contributed by atoms with Gasteiger partial charge in [-0.05, 0) is 32.9 Å². The largest absolute Gasteiger partial charge is 0.461 e. The van der Waals surface area contributed by atoms with E-state index >= 15 is 0 Å². The monoisotopic (exact) mass is 423 g/mol. The maximum absolute atomic E-state index is 14.0. The maximum Gasteiger partial charge on any atom is 0.355 e. The van der Waals surface area contributed by atoms with E-state index in [9.17, 15) is 17.6 Å². The van der Waals surface area contributed by atoms with Crippen LogP contribution in [-0.4, -0.2) is 56.0 Å². The van der Waals surface area contributed by atoms with E-state index in [1.807, 2.05) is 4.90 Å². The Balaban J connectivity index is 1.87. The molecule has 0 N–H and O–H groups in total. The van der Waals surface area contributed by atoms with Gasteiger partial charge in [-0.3, -0.25) is 0 Å². The predicted octanol–water partition coefficient (Wildman–Crippen LogP) is 2.47. The summed E-state index contributed by atoms with van der Waals surface area (Å²) in [5.41, 5.74) is 1.59. The van der Waals surface area contributed by atoms with Crippen LogP contribution in [0.25, 0.3) is 0 Å². The highest BCUT2D eigenvalue weighted by Crippen LogP contribution is 2.30. The number of rotatable bonds is 5. The lowest BCUT2D eigenvalue weighted by molar-refractivity contribution is 0.0514. The van der Waals surface area contributed by atoms with Crippen LogP contribution in [0.1, 0.15) is 28.7 Å². The SMILES string of the molecule is CCOC(=O)c1c(C)c(S(=O)(=O)N2CCN(c3ccccc3F)CC2)c(C)n1C. The van der Waals surface area contributed by atoms with Gasteiger partial charge in [-0.2, -0.15) is 4.31 Å². The van der Waals surface area contributed by atoms with Gasteiger partial charge in [-0.25, -0.2) is 17.6 Å². The topological polar surface area (TPSA) is 71.8 Å². The summed E-state index contributed by atoms with van der Waals surface area (Å²) >= 11 is 0. The molecule has 1 fully saturated rings. The van der Waals surface area contributed by atoms with Gasteiger partial charge >= 0.3 is 5.97 Å². The number of hydrogen-bond acceptors (Lipinski definition) is 5. The number of para-hydroxylation sites is 1. The molecule has 158 valence electrons. The Bertz CT molecular complexity index is 1020. The van der Waals surface area contributed by atoms with Gasteiger partial charge in [0.2, 0.25) is 10.0 Å². The fraction of sp³-hybridized carbons (Fsp3) is 0.450. The molecule has 0 bridgehead atoms. The minimum atomic E-state index is -3.80. The summed E-state index contributed by atoms with van der Waals surface area (Å²) in [5, 5.41) is 0. The van der Waals surface area contributed by atoms with Crippen molar-refractivity contribution in [2.75, 3.05) is 37.7 Å². The summed E-state index contributed by atoms with van der Waals surface area (Å²) in [7, 11) is -2.15.